The molecule has 1 saturated heterocycles. The summed E-state index contributed by atoms with van der Waals surface area (Å²) < 4.78 is 97.6. The number of nitrogens with zero attached hydrogens (tertiary/aromatic N) is 6. The van der Waals surface area contributed by atoms with Crippen LogP contribution in [-0.4, -0.2) is 121 Å². The van der Waals surface area contributed by atoms with Crippen molar-refractivity contribution in [3.8, 4) is 0 Å². The van der Waals surface area contributed by atoms with Gasteiger partial charge in [-0.25, -0.2) is 19.4 Å². The van der Waals surface area contributed by atoms with Crippen molar-refractivity contribution in [1.29, 1.82) is 0 Å². The largest absolute Gasteiger partial charge is 0.490 e. The molecule has 2 aromatic rings. The normalized spacial score (nSPS) is 16.0. The minimum absolute atomic E-state index is 0.904. The van der Waals surface area contributed by atoms with Crippen LogP contribution in [0.4, 0.5) is 39.5 Å². The summed E-state index contributed by atoms with van der Waals surface area (Å²) in [7, 11) is 2.20. The van der Waals surface area contributed by atoms with E-state index in [2.05, 4.69) is 49.6 Å². The Bertz CT molecular complexity index is 1170. The number of hydrogen-bond acceptors (Lipinski definition) is 8. The molecule has 2 aliphatic rings. The smallest absolute Gasteiger partial charge is 0.475 e. The maximum Gasteiger partial charge on any atom is 0.490 e. The average molecular weight is 669 g/mol. The molecule has 2 aliphatic heterocycles. The fourth-order valence-corrected chi connectivity index (χ4v) is 3.59. The molecule has 0 aliphatic carbocycles. The van der Waals surface area contributed by atoms with Crippen LogP contribution in [0.15, 0.2) is 30.6 Å². The van der Waals surface area contributed by atoms with Crippen molar-refractivity contribution in [2.24, 2.45) is 0 Å². The number of imidazole rings is 1. The van der Waals surface area contributed by atoms with Crippen molar-refractivity contribution >= 4 is 17.9 Å². The van der Waals surface area contributed by atoms with E-state index >= 15 is 0 Å². The number of halogens is 9. The van der Waals surface area contributed by atoms with Crippen molar-refractivity contribution < 1.29 is 69.2 Å². The standard InChI is InChI=1S/C18H26N6.3C2HF3O2/c1-21-6-8-22(9-7-21)14-17-12-20-18-15-23(10-11-24(17)18)13-16-4-2-3-5-19-16;3*3-2(4,5)1(6)7/h2-5,12H,6-11,13-15H2,1H3;3*(H,6,7). The maximum atomic E-state index is 10.6. The molecule has 0 amide bonds. The molecule has 12 nitrogen and oxygen atoms in total. The summed E-state index contributed by atoms with van der Waals surface area (Å²) in [6, 6.07) is 6.12. The van der Waals surface area contributed by atoms with E-state index in [1.54, 1.807) is 0 Å². The highest BCUT2D eigenvalue weighted by molar-refractivity contribution is 5.73. The van der Waals surface area contributed by atoms with Gasteiger partial charge in [-0.2, -0.15) is 39.5 Å². The lowest BCUT2D eigenvalue weighted by atomic mass is 10.2. The van der Waals surface area contributed by atoms with Crippen molar-refractivity contribution in [3.05, 3.63) is 47.8 Å². The lowest BCUT2D eigenvalue weighted by molar-refractivity contribution is -0.193. The number of aromatic nitrogens is 3. The summed E-state index contributed by atoms with van der Waals surface area (Å²) in [5, 5.41) is 21.4. The second-order valence-corrected chi connectivity index (χ2v) is 9.34. The Morgan fingerprint density at radius 3 is 1.60 bits per heavy atom. The van der Waals surface area contributed by atoms with Gasteiger partial charge < -0.3 is 24.8 Å². The van der Waals surface area contributed by atoms with Gasteiger partial charge in [-0.1, -0.05) is 6.07 Å². The summed E-state index contributed by atoms with van der Waals surface area (Å²) in [5.41, 5.74) is 2.50. The summed E-state index contributed by atoms with van der Waals surface area (Å²) >= 11 is 0. The third-order valence-corrected chi connectivity index (χ3v) is 5.85. The Hall–Kier alpha value is -3.98. The minimum atomic E-state index is -5.08. The number of likely N-dealkylation sites (N-methyl/N-ethyl adjacent to an activating group) is 1. The SMILES string of the molecule is CN1CCN(Cc2cnc3n2CCN(Cc2ccccn2)C3)CC1.O=C(O)C(F)(F)F.O=C(O)C(F)(F)F.O=C(O)C(F)(F)F. The second-order valence-electron chi connectivity index (χ2n) is 9.34. The highest BCUT2D eigenvalue weighted by Gasteiger charge is 2.39. The topological polar surface area (TPSA) is 152 Å². The second kappa shape index (κ2) is 16.9. The number of carboxylic acid groups (broad SMARTS) is 3. The summed E-state index contributed by atoms with van der Waals surface area (Å²) in [5.74, 6) is -7.08. The predicted octanol–water partition coefficient (Wildman–Crippen LogP) is 2.94. The van der Waals surface area contributed by atoms with Crippen LogP contribution in [-0.2, 0) is 40.6 Å². The van der Waals surface area contributed by atoms with Crippen LogP contribution in [0.5, 0.6) is 0 Å². The number of piperazine rings is 1. The molecule has 0 radical (unpaired) electrons. The van der Waals surface area contributed by atoms with Crippen LogP contribution in [0.1, 0.15) is 17.2 Å². The molecule has 0 spiro atoms. The molecule has 0 saturated carbocycles. The first-order valence-electron chi connectivity index (χ1n) is 12.6. The van der Waals surface area contributed by atoms with Gasteiger partial charge >= 0.3 is 36.4 Å². The molecule has 0 bridgehead atoms. The maximum absolute atomic E-state index is 10.6. The number of alkyl halides is 9. The molecule has 4 heterocycles. The Kier molecular flexibility index (Phi) is 14.7. The molecule has 4 rings (SSSR count). The Balaban J connectivity index is 0.000000396. The van der Waals surface area contributed by atoms with Gasteiger partial charge in [0.05, 0.1) is 17.9 Å². The van der Waals surface area contributed by atoms with Crippen molar-refractivity contribution in [1.82, 2.24) is 29.2 Å². The monoisotopic (exact) mass is 668 g/mol. The van der Waals surface area contributed by atoms with Gasteiger partial charge in [0.2, 0.25) is 0 Å². The lowest BCUT2D eigenvalue weighted by Crippen LogP contribution is -2.44. The van der Waals surface area contributed by atoms with Crippen LogP contribution in [0.25, 0.3) is 0 Å². The van der Waals surface area contributed by atoms with E-state index in [1.807, 2.05) is 12.3 Å². The molecule has 0 aromatic carbocycles. The van der Waals surface area contributed by atoms with Crippen LogP contribution in [0.2, 0.25) is 0 Å². The first kappa shape index (κ1) is 39.0. The van der Waals surface area contributed by atoms with Gasteiger partial charge in [0, 0.05) is 64.8 Å². The molecular formula is C24H29F9N6O6. The van der Waals surface area contributed by atoms with E-state index < -0.39 is 36.4 Å². The fourth-order valence-electron chi connectivity index (χ4n) is 3.59. The molecule has 2 aromatic heterocycles. The number of pyridine rings is 1. The molecule has 0 unspecified atom stereocenters. The molecule has 21 heteroatoms. The van der Waals surface area contributed by atoms with Crippen molar-refractivity contribution in [2.45, 2.75) is 44.7 Å². The van der Waals surface area contributed by atoms with Gasteiger partial charge in [-0.3, -0.25) is 14.8 Å². The Labute approximate surface area is 249 Å². The van der Waals surface area contributed by atoms with Crippen LogP contribution >= 0.6 is 0 Å². The number of rotatable bonds is 4. The highest BCUT2D eigenvalue weighted by atomic mass is 19.4. The third kappa shape index (κ3) is 15.0. The van der Waals surface area contributed by atoms with E-state index in [1.165, 1.54) is 24.6 Å². The highest BCUT2D eigenvalue weighted by Crippen LogP contribution is 2.18. The van der Waals surface area contributed by atoms with Gasteiger partial charge in [-0.05, 0) is 19.2 Å². The van der Waals surface area contributed by atoms with Gasteiger partial charge in [0.15, 0.2) is 0 Å². The number of carboxylic acids is 3. The zero-order valence-electron chi connectivity index (χ0n) is 23.4. The summed E-state index contributed by atoms with van der Waals surface area (Å²) in [4.78, 5) is 43.2. The minimum Gasteiger partial charge on any atom is -0.475 e. The molecule has 254 valence electrons. The van der Waals surface area contributed by atoms with Crippen LogP contribution < -0.4 is 0 Å². The average Bonchev–Trinajstić information content (AvgIpc) is 3.32. The van der Waals surface area contributed by atoms with Gasteiger partial charge in [-0.15, -0.1) is 0 Å². The Morgan fingerprint density at radius 1 is 0.711 bits per heavy atom. The predicted molar refractivity (Wildman–Crippen MR) is 134 cm³/mol. The Morgan fingerprint density at radius 2 is 1.18 bits per heavy atom. The molecule has 0 atom stereocenters. The van der Waals surface area contributed by atoms with E-state index in [-0.39, 0.29) is 0 Å². The van der Waals surface area contributed by atoms with Crippen molar-refractivity contribution in [2.75, 3.05) is 39.8 Å². The number of fused-ring (bicyclic) bond motifs is 1. The zero-order chi connectivity index (χ0) is 34.6. The summed E-state index contributed by atoms with van der Waals surface area (Å²) in [6.45, 7) is 9.59. The van der Waals surface area contributed by atoms with E-state index in [0.717, 1.165) is 51.5 Å². The number of carbonyl (C=O) groups is 3. The van der Waals surface area contributed by atoms with Crippen molar-refractivity contribution in [3.63, 3.8) is 0 Å². The number of aliphatic carboxylic acids is 3. The van der Waals surface area contributed by atoms with E-state index in [4.69, 9.17) is 34.7 Å². The van der Waals surface area contributed by atoms with Crippen LogP contribution in [0.3, 0.4) is 0 Å². The van der Waals surface area contributed by atoms with Gasteiger partial charge in [0.25, 0.3) is 0 Å². The molecule has 45 heavy (non-hydrogen) atoms. The molecule has 1 fully saturated rings. The van der Waals surface area contributed by atoms with Crippen LogP contribution in [0, 0.1) is 0 Å². The zero-order valence-corrected chi connectivity index (χ0v) is 23.4. The van der Waals surface area contributed by atoms with E-state index in [0.29, 0.717) is 0 Å². The first-order valence-corrected chi connectivity index (χ1v) is 12.6. The lowest BCUT2D eigenvalue weighted by Gasteiger charge is -2.33. The summed E-state index contributed by atoms with van der Waals surface area (Å²) in [6.07, 6.45) is -11.3. The quantitative estimate of drug-likeness (QED) is 0.413. The van der Waals surface area contributed by atoms with E-state index in [9.17, 15) is 39.5 Å². The molecule has 3 N–H and O–H groups in total. The third-order valence-electron chi connectivity index (χ3n) is 5.85. The van der Waals surface area contributed by atoms with Gasteiger partial charge in [0.1, 0.15) is 5.82 Å². The fraction of sp³-hybridized carbons (Fsp3) is 0.542. The number of hydrogen-bond donors (Lipinski definition) is 3. The molecular weight excluding hydrogens is 639 g/mol. The first-order chi connectivity index (χ1) is 20.6.